The van der Waals surface area contributed by atoms with Crippen LogP contribution in [0.15, 0.2) is 18.2 Å². The van der Waals surface area contributed by atoms with E-state index >= 15 is 0 Å². The fourth-order valence-corrected chi connectivity index (χ4v) is 3.74. The molecular formula is C16H17F4NO. The van der Waals surface area contributed by atoms with Crippen molar-refractivity contribution in [2.45, 2.75) is 43.9 Å². The third-order valence-electron chi connectivity index (χ3n) is 5.03. The zero-order valence-electron chi connectivity index (χ0n) is 12.2. The van der Waals surface area contributed by atoms with E-state index in [1.54, 1.807) is 0 Å². The van der Waals surface area contributed by atoms with Crippen molar-refractivity contribution in [2.75, 3.05) is 7.05 Å². The quantitative estimate of drug-likeness (QED) is 0.609. The molecule has 0 radical (unpaired) electrons. The zero-order valence-corrected chi connectivity index (χ0v) is 12.2. The molecule has 0 N–H and O–H groups in total. The molecule has 22 heavy (non-hydrogen) atoms. The molecule has 2 aliphatic heterocycles. The Kier molecular flexibility index (Phi) is 3.75. The van der Waals surface area contributed by atoms with Gasteiger partial charge >= 0.3 is 6.18 Å². The lowest BCUT2D eigenvalue weighted by atomic mass is 9.84. The van der Waals surface area contributed by atoms with E-state index in [0.717, 1.165) is 18.9 Å². The molecule has 1 aromatic carbocycles. The first-order valence-electron chi connectivity index (χ1n) is 7.40. The maximum Gasteiger partial charge on any atom is 0.416 e. The normalized spacial score (nSPS) is 28.9. The van der Waals surface area contributed by atoms with Gasteiger partial charge in [-0.25, -0.2) is 4.39 Å². The number of Topliss-reactive ketones (excluding diaryl/α,β-unsaturated/α-hetero) is 1. The van der Waals surface area contributed by atoms with Gasteiger partial charge in [0.2, 0.25) is 0 Å². The van der Waals surface area contributed by atoms with Crippen LogP contribution in [0.5, 0.6) is 0 Å². The SMILES string of the molecule is CN1C2CCC1CC(C(=O)c1cc(C(F)(F)F)ccc1F)C2. The van der Waals surface area contributed by atoms with Crippen LogP contribution in [-0.4, -0.2) is 29.8 Å². The number of rotatable bonds is 2. The van der Waals surface area contributed by atoms with Gasteiger partial charge in [0.15, 0.2) is 5.78 Å². The standard InChI is InChI=1S/C16H17F4NO/c1-21-11-3-4-12(21)7-9(6-11)15(22)13-8-10(16(18,19)20)2-5-14(13)17/h2,5,8-9,11-12H,3-4,6-7H2,1H3. The Hall–Kier alpha value is -1.43. The summed E-state index contributed by atoms with van der Waals surface area (Å²) in [6.45, 7) is 0. The highest BCUT2D eigenvalue weighted by Gasteiger charge is 2.42. The Labute approximate surface area is 126 Å². The number of hydrogen-bond donors (Lipinski definition) is 0. The van der Waals surface area contributed by atoms with Crippen LogP contribution in [0, 0.1) is 11.7 Å². The number of piperidine rings is 1. The predicted molar refractivity (Wildman–Crippen MR) is 73.0 cm³/mol. The van der Waals surface area contributed by atoms with Gasteiger partial charge in [0.1, 0.15) is 5.82 Å². The summed E-state index contributed by atoms with van der Waals surface area (Å²) in [5.74, 6) is -1.75. The molecule has 2 nitrogen and oxygen atoms in total. The van der Waals surface area contributed by atoms with Crippen molar-refractivity contribution in [2.24, 2.45) is 5.92 Å². The second kappa shape index (κ2) is 5.33. The maximum absolute atomic E-state index is 13.9. The number of hydrogen-bond acceptors (Lipinski definition) is 2. The van der Waals surface area contributed by atoms with Crippen LogP contribution < -0.4 is 0 Å². The minimum atomic E-state index is -4.57. The molecule has 0 aromatic heterocycles. The van der Waals surface area contributed by atoms with Crippen molar-refractivity contribution in [3.63, 3.8) is 0 Å². The number of ketones is 1. The molecule has 2 saturated heterocycles. The summed E-state index contributed by atoms with van der Waals surface area (Å²) in [6, 6.07) is 2.62. The molecule has 0 spiro atoms. The lowest BCUT2D eigenvalue weighted by molar-refractivity contribution is -0.137. The first-order valence-corrected chi connectivity index (χ1v) is 7.40. The zero-order chi connectivity index (χ0) is 16.1. The molecule has 1 aromatic rings. The van der Waals surface area contributed by atoms with Gasteiger partial charge in [-0.1, -0.05) is 0 Å². The van der Waals surface area contributed by atoms with Crippen molar-refractivity contribution in [1.82, 2.24) is 4.90 Å². The second-order valence-electron chi connectivity index (χ2n) is 6.28. The minimum Gasteiger partial charge on any atom is -0.300 e. The third-order valence-corrected chi connectivity index (χ3v) is 5.03. The molecule has 2 aliphatic rings. The summed E-state index contributed by atoms with van der Waals surface area (Å²) in [4.78, 5) is 14.7. The van der Waals surface area contributed by atoms with Crippen LogP contribution in [0.2, 0.25) is 0 Å². The first-order chi connectivity index (χ1) is 10.3. The summed E-state index contributed by atoms with van der Waals surface area (Å²) in [6.07, 6.45) is -1.39. The van der Waals surface area contributed by atoms with E-state index in [4.69, 9.17) is 0 Å². The van der Waals surface area contributed by atoms with Gasteiger partial charge in [-0.05, 0) is 50.9 Å². The maximum atomic E-state index is 13.9. The van der Waals surface area contributed by atoms with Crippen LogP contribution in [0.25, 0.3) is 0 Å². The van der Waals surface area contributed by atoms with E-state index in [-0.39, 0.29) is 18.0 Å². The van der Waals surface area contributed by atoms with Gasteiger partial charge < -0.3 is 4.90 Å². The Bertz CT molecular complexity index is 584. The van der Waals surface area contributed by atoms with E-state index in [0.29, 0.717) is 25.0 Å². The highest BCUT2D eigenvalue weighted by molar-refractivity contribution is 5.98. The molecule has 0 saturated carbocycles. The van der Waals surface area contributed by atoms with Crippen molar-refractivity contribution < 1.29 is 22.4 Å². The molecule has 2 atom stereocenters. The number of carbonyl (C=O) groups excluding carboxylic acids is 1. The number of benzene rings is 1. The molecule has 3 rings (SSSR count). The summed E-state index contributed by atoms with van der Waals surface area (Å²) < 4.78 is 52.1. The molecule has 2 unspecified atom stereocenters. The van der Waals surface area contributed by atoms with Crippen LogP contribution in [0.4, 0.5) is 17.6 Å². The Morgan fingerprint density at radius 3 is 2.32 bits per heavy atom. The molecular weight excluding hydrogens is 298 g/mol. The van der Waals surface area contributed by atoms with Crippen molar-refractivity contribution in [1.29, 1.82) is 0 Å². The summed E-state index contributed by atoms with van der Waals surface area (Å²) in [5, 5.41) is 0. The lowest BCUT2D eigenvalue weighted by Crippen LogP contribution is -2.42. The van der Waals surface area contributed by atoms with Crippen molar-refractivity contribution in [3.05, 3.63) is 35.1 Å². The number of carbonyl (C=O) groups is 1. The lowest BCUT2D eigenvalue weighted by Gasteiger charge is -2.35. The average molecular weight is 315 g/mol. The molecule has 2 fully saturated rings. The Morgan fingerprint density at radius 1 is 1.18 bits per heavy atom. The van der Waals surface area contributed by atoms with Crippen LogP contribution >= 0.6 is 0 Å². The highest BCUT2D eigenvalue weighted by Crippen LogP contribution is 2.39. The summed E-state index contributed by atoms with van der Waals surface area (Å²) in [5.41, 5.74) is -1.41. The summed E-state index contributed by atoms with van der Waals surface area (Å²) in [7, 11) is 2.01. The van der Waals surface area contributed by atoms with Crippen LogP contribution in [-0.2, 0) is 6.18 Å². The van der Waals surface area contributed by atoms with Crippen LogP contribution in [0.3, 0.4) is 0 Å². The molecule has 0 aliphatic carbocycles. The van der Waals surface area contributed by atoms with Gasteiger partial charge in [0, 0.05) is 18.0 Å². The fourth-order valence-electron chi connectivity index (χ4n) is 3.74. The van der Waals surface area contributed by atoms with Gasteiger partial charge in [0.05, 0.1) is 11.1 Å². The molecule has 2 bridgehead atoms. The van der Waals surface area contributed by atoms with Crippen molar-refractivity contribution in [3.8, 4) is 0 Å². The molecule has 120 valence electrons. The van der Waals surface area contributed by atoms with Gasteiger partial charge in [-0.2, -0.15) is 13.2 Å². The van der Waals surface area contributed by atoms with Gasteiger partial charge in [-0.3, -0.25) is 4.79 Å². The van der Waals surface area contributed by atoms with E-state index in [9.17, 15) is 22.4 Å². The summed E-state index contributed by atoms with van der Waals surface area (Å²) >= 11 is 0. The first kappa shape index (κ1) is 15.5. The molecule has 6 heteroatoms. The van der Waals surface area contributed by atoms with Crippen molar-refractivity contribution >= 4 is 5.78 Å². The van der Waals surface area contributed by atoms with E-state index in [1.807, 2.05) is 7.05 Å². The Morgan fingerprint density at radius 2 is 1.77 bits per heavy atom. The number of fused-ring (bicyclic) bond motifs is 2. The second-order valence-corrected chi connectivity index (χ2v) is 6.28. The number of nitrogens with zero attached hydrogens (tertiary/aromatic N) is 1. The highest BCUT2D eigenvalue weighted by atomic mass is 19.4. The smallest absolute Gasteiger partial charge is 0.300 e. The fraction of sp³-hybridized carbons (Fsp3) is 0.562. The third kappa shape index (κ3) is 2.64. The number of halogens is 4. The van der Waals surface area contributed by atoms with Gasteiger partial charge in [0.25, 0.3) is 0 Å². The average Bonchev–Trinajstić information content (AvgIpc) is 2.67. The van der Waals surface area contributed by atoms with E-state index in [2.05, 4.69) is 4.90 Å². The van der Waals surface area contributed by atoms with E-state index in [1.165, 1.54) is 0 Å². The number of alkyl halides is 3. The topological polar surface area (TPSA) is 20.3 Å². The Balaban J connectivity index is 1.86. The van der Waals surface area contributed by atoms with E-state index < -0.39 is 28.9 Å². The monoisotopic (exact) mass is 315 g/mol. The van der Waals surface area contributed by atoms with Crippen LogP contribution in [0.1, 0.15) is 41.6 Å². The largest absolute Gasteiger partial charge is 0.416 e. The van der Waals surface area contributed by atoms with Gasteiger partial charge in [-0.15, -0.1) is 0 Å². The minimum absolute atomic E-state index is 0.279. The predicted octanol–water partition coefficient (Wildman–Crippen LogP) is 3.90. The molecule has 0 amide bonds. The molecule has 2 heterocycles.